The number of nitrogens with zero attached hydrogens (tertiary/aromatic N) is 3. The first-order chi connectivity index (χ1) is 10.4. The Kier molecular flexibility index (Phi) is 5.17. The van der Waals surface area contributed by atoms with Crippen LogP contribution in [0.1, 0.15) is 25.5 Å². The summed E-state index contributed by atoms with van der Waals surface area (Å²) >= 11 is -2.72. The zero-order valence-corrected chi connectivity index (χ0v) is 13.1. The maximum atomic E-state index is 13.0. The molecular formula is C14H15FN3O3S-. The largest absolute Gasteiger partial charge is 0.748 e. The van der Waals surface area contributed by atoms with Gasteiger partial charge in [0.15, 0.2) is 0 Å². The van der Waals surface area contributed by atoms with Gasteiger partial charge in [-0.2, -0.15) is 4.28 Å². The van der Waals surface area contributed by atoms with Crippen LogP contribution in [0.4, 0.5) is 10.3 Å². The molecule has 1 aromatic carbocycles. The summed E-state index contributed by atoms with van der Waals surface area (Å²) in [4.78, 5) is 8.53. The molecule has 0 amide bonds. The highest BCUT2D eigenvalue weighted by Gasteiger charge is 2.13. The second-order valence-electron chi connectivity index (χ2n) is 4.92. The molecule has 0 saturated carbocycles. The third kappa shape index (κ3) is 4.06. The lowest BCUT2D eigenvalue weighted by molar-refractivity contribution is 0.283. The van der Waals surface area contributed by atoms with E-state index in [2.05, 4.69) is 14.3 Å². The van der Waals surface area contributed by atoms with Crippen LogP contribution in [0.25, 0.3) is 11.3 Å². The molecular weight excluding hydrogens is 309 g/mol. The van der Waals surface area contributed by atoms with E-state index >= 15 is 0 Å². The van der Waals surface area contributed by atoms with Crippen molar-refractivity contribution in [3.8, 4) is 11.3 Å². The molecule has 1 atom stereocenters. The Labute approximate surface area is 130 Å². The van der Waals surface area contributed by atoms with Crippen molar-refractivity contribution >= 4 is 17.3 Å². The number of hydrogen-bond donors (Lipinski definition) is 0. The topological polar surface area (TPSA) is 78.4 Å². The van der Waals surface area contributed by atoms with E-state index in [9.17, 15) is 13.2 Å². The molecule has 0 aliphatic rings. The molecule has 6 nitrogen and oxygen atoms in total. The molecule has 0 aliphatic heterocycles. The highest BCUT2D eigenvalue weighted by molar-refractivity contribution is 7.74. The molecule has 0 spiro atoms. The summed E-state index contributed by atoms with van der Waals surface area (Å²) < 4.78 is 38.8. The van der Waals surface area contributed by atoms with Crippen molar-refractivity contribution in [2.75, 3.05) is 12.1 Å². The Balaban J connectivity index is 2.47. The molecule has 1 heterocycles. The number of halogens is 1. The number of anilines is 1. The summed E-state index contributed by atoms with van der Waals surface area (Å²) in [6.45, 7) is 3.90. The van der Waals surface area contributed by atoms with Gasteiger partial charge in [0, 0.05) is 18.3 Å². The fourth-order valence-corrected chi connectivity index (χ4v) is 2.03. The van der Waals surface area contributed by atoms with Crippen LogP contribution >= 0.6 is 0 Å². The van der Waals surface area contributed by atoms with Gasteiger partial charge in [-0.1, -0.05) is 13.8 Å². The SMILES string of the molecule is CC(C)c1cc(-c2ccc(F)cc2)nc(N(C)OS(=O)[O-])n1. The van der Waals surface area contributed by atoms with Gasteiger partial charge in [0.1, 0.15) is 17.2 Å². The van der Waals surface area contributed by atoms with Gasteiger partial charge in [-0.05, 0) is 36.2 Å². The zero-order valence-electron chi connectivity index (χ0n) is 12.3. The summed E-state index contributed by atoms with van der Waals surface area (Å²) in [6, 6.07) is 7.64. The second-order valence-corrected chi connectivity index (χ2v) is 5.47. The minimum Gasteiger partial charge on any atom is -0.748 e. The Bertz CT molecular complexity index is 680. The normalized spacial score (nSPS) is 12.5. The third-order valence-electron chi connectivity index (χ3n) is 2.92. The Hall–Kier alpha value is -1.90. The van der Waals surface area contributed by atoms with E-state index in [4.69, 9.17) is 0 Å². The molecule has 22 heavy (non-hydrogen) atoms. The van der Waals surface area contributed by atoms with Gasteiger partial charge in [-0.3, -0.25) is 0 Å². The average Bonchev–Trinajstić information content (AvgIpc) is 2.46. The van der Waals surface area contributed by atoms with Gasteiger partial charge >= 0.3 is 0 Å². The maximum absolute atomic E-state index is 13.0. The summed E-state index contributed by atoms with van der Waals surface area (Å²) in [5.41, 5.74) is 1.97. The first-order valence-corrected chi connectivity index (χ1v) is 7.53. The minimum atomic E-state index is -2.72. The molecule has 0 aliphatic carbocycles. The van der Waals surface area contributed by atoms with Crippen molar-refractivity contribution in [2.24, 2.45) is 0 Å². The molecule has 0 fully saturated rings. The molecule has 1 aromatic heterocycles. The van der Waals surface area contributed by atoms with Crippen LogP contribution in [0.15, 0.2) is 30.3 Å². The lowest BCUT2D eigenvalue weighted by Gasteiger charge is -2.19. The van der Waals surface area contributed by atoms with E-state index in [1.54, 1.807) is 18.2 Å². The molecule has 2 rings (SSSR count). The van der Waals surface area contributed by atoms with E-state index in [0.29, 0.717) is 11.3 Å². The van der Waals surface area contributed by atoms with Gasteiger partial charge < -0.3 is 4.55 Å². The predicted molar refractivity (Wildman–Crippen MR) is 79.9 cm³/mol. The standard InChI is InChI=1S/C14H16FN3O3S/c1-9(2)12-8-13(10-4-6-11(15)7-5-10)17-14(16-12)18(3)21-22(19)20/h4-9H,1-3H3,(H,19,20)/p-1. The number of benzene rings is 1. The average molecular weight is 324 g/mol. The van der Waals surface area contributed by atoms with E-state index in [1.807, 2.05) is 13.8 Å². The third-order valence-corrected chi connectivity index (χ3v) is 3.27. The molecule has 2 aromatic rings. The zero-order chi connectivity index (χ0) is 16.3. The second kappa shape index (κ2) is 6.91. The van der Waals surface area contributed by atoms with Gasteiger partial charge in [-0.25, -0.2) is 23.6 Å². The molecule has 0 bridgehead atoms. The first-order valence-electron chi connectivity index (χ1n) is 6.53. The van der Waals surface area contributed by atoms with E-state index in [0.717, 1.165) is 10.8 Å². The number of hydrogen-bond acceptors (Lipinski definition) is 6. The fourth-order valence-electron chi connectivity index (χ4n) is 1.78. The quantitative estimate of drug-likeness (QED) is 0.621. The number of aromatic nitrogens is 2. The van der Waals surface area contributed by atoms with Crippen LogP contribution in [0, 0.1) is 5.82 Å². The summed E-state index contributed by atoms with van der Waals surface area (Å²) in [7, 11) is 1.39. The van der Waals surface area contributed by atoms with Crippen LogP contribution in [-0.4, -0.2) is 25.8 Å². The molecule has 118 valence electrons. The predicted octanol–water partition coefficient (Wildman–Crippen LogP) is 2.57. The Morgan fingerprint density at radius 2 is 1.91 bits per heavy atom. The van der Waals surface area contributed by atoms with Crippen molar-refractivity contribution in [3.63, 3.8) is 0 Å². The molecule has 1 unspecified atom stereocenters. The summed E-state index contributed by atoms with van der Waals surface area (Å²) in [6.07, 6.45) is 0. The van der Waals surface area contributed by atoms with E-state index in [1.165, 1.54) is 19.2 Å². The van der Waals surface area contributed by atoms with E-state index < -0.39 is 11.4 Å². The van der Waals surface area contributed by atoms with Crippen molar-refractivity contribution in [3.05, 3.63) is 41.8 Å². The summed E-state index contributed by atoms with van der Waals surface area (Å²) in [5.74, 6) is -0.133. The molecule has 0 saturated heterocycles. The van der Waals surface area contributed by atoms with Crippen molar-refractivity contribution in [2.45, 2.75) is 19.8 Å². The maximum Gasteiger partial charge on any atom is 0.251 e. The molecule has 0 N–H and O–H groups in total. The number of rotatable bonds is 5. The smallest absolute Gasteiger partial charge is 0.251 e. The summed E-state index contributed by atoms with van der Waals surface area (Å²) in [5, 5.41) is 0.960. The lowest BCUT2D eigenvalue weighted by Crippen LogP contribution is -2.22. The number of hydroxylamine groups is 1. The van der Waals surface area contributed by atoms with Crippen molar-refractivity contribution in [1.82, 2.24) is 9.97 Å². The van der Waals surface area contributed by atoms with Gasteiger partial charge in [0.05, 0.1) is 5.69 Å². The van der Waals surface area contributed by atoms with Crippen LogP contribution in [-0.2, 0) is 15.6 Å². The highest BCUT2D eigenvalue weighted by Crippen LogP contribution is 2.24. The molecule has 0 radical (unpaired) electrons. The van der Waals surface area contributed by atoms with E-state index in [-0.39, 0.29) is 17.7 Å². The minimum absolute atomic E-state index is 0.104. The van der Waals surface area contributed by atoms with Crippen LogP contribution in [0.5, 0.6) is 0 Å². The highest BCUT2D eigenvalue weighted by atomic mass is 32.2. The first kappa shape index (κ1) is 16.5. The van der Waals surface area contributed by atoms with Crippen LogP contribution in [0.2, 0.25) is 0 Å². The Morgan fingerprint density at radius 1 is 1.27 bits per heavy atom. The fraction of sp³-hybridized carbons (Fsp3) is 0.286. The van der Waals surface area contributed by atoms with Crippen molar-refractivity contribution < 1.29 is 17.4 Å². The Morgan fingerprint density at radius 3 is 2.45 bits per heavy atom. The van der Waals surface area contributed by atoms with Crippen LogP contribution < -0.4 is 5.06 Å². The lowest BCUT2D eigenvalue weighted by atomic mass is 10.1. The monoisotopic (exact) mass is 324 g/mol. The van der Waals surface area contributed by atoms with Gasteiger partial charge in [0.2, 0.25) is 0 Å². The van der Waals surface area contributed by atoms with Gasteiger partial charge in [-0.15, -0.1) is 0 Å². The van der Waals surface area contributed by atoms with Crippen molar-refractivity contribution in [1.29, 1.82) is 0 Å². The van der Waals surface area contributed by atoms with Crippen LogP contribution in [0.3, 0.4) is 0 Å². The molecule has 8 heteroatoms. The van der Waals surface area contributed by atoms with Gasteiger partial charge in [0.25, 0.3) is 5.95 Å².